The highest BCUT2D eigenvalue weighted by Gasteiger charge is 2.30. The lowest BCUT2D eigenvalue weighted by molar-refractivity contribution is -0.151. The zero-order valence-electron chi connectivity index (χ0n) is 21.0. The molecule has 2 aromatic rings. The fraction of sp³-hybridized carbons (Fsp3) is 0.500. The third kappa shape index (κ3) is 6.52. The van der Waals surface area contributed by atoms with Crippen molar-refractivity contribution in [1.82, 2.24) is 24.9 Å². The van der Waals surface area contributed by atoms with Gasteiger partial charge in [0.2, 0.25) is 5.91 Å². The van der Waals surface area contributed by atoms with Crippen LogP contribution in [0.2, 0.25) is 0 Å². The number of likely N-dealkylation sites (tertiary alicyclic amines) is 1. The van der Waals surface area contributed by atoms with E-state index in [-0.39, 0.29) is 48.2 Å². The SMILES string of the molecule is CCOC(=O)[C@@H]1CCCN(C(=O)CCNC(=O)c2cc3n(n2)CCCN(Cc2ccc(F)cc2)C3=O)C1. The number of aryl methyl sites for hydroxylation is 1. The Morgan fingerprint density at radius 2 is 1.92 bits per heavy atom. The molecule has 198 valence electrons. The second-order valence-corrected chi connectivity index (χ2v) is 9.28. The van der Waals surface area contributed by atoms with E-state index in [1.54, 1.807) is 28.9 Å². The van der Waals surface area contributed by atoms with Crippen LogP contribution in [0.3, 0.4) is 0 Å². The third-order valence-corrected chi connectivity index (χ3v) is 6.62. The Hall–Kier alpha value is -3.76. The van der Waals surface area contributed by atoms with Gasteiger partial charge in [-0.25, -0.2) is 4.39 Å². The van der Waals surface area contributed by atoms with Crippen LogP contribution in [0.25, 0.3) is 0 Å². The Kier molecular flexibility index (Phi) is 8.52. The molecule has 2 aliphatic heterocycles. The number of nitrogens with zero attached hydrogens (tertiary/aromatic N) is 4. The number of hydrogen-bond acceptors (Lipinski definition) is 6. The molecule has 3 amide bonds. The van der Waals surface area contributed by atoms with Crippen LogP contribution in [0.4, 0.5) is 4.39 Å². The van der Waals surface area contributed by atoms with E-state index in [4.69, 9.17) is 4.74 Å². The first kappa shape index (κ1) is 26.3. The van der Waals surface area contributed by atoms with Crippen LogP contribution in [-0.4, -0.2) is 76.1 Å². The largest absolute Gasteiger partial charge is 0.466 e. The van der Waals surface area contributed by atoms with Crippen molar-refractivity contribution in [3.05, 3.63) is 53.1 Å². The highest BCUT2D eigenvalue weighted by atomic mass is 19.1. The van der Waals surface area contributed by atoms with Crippen molar-refractivity contribution in [1.29, 1.82) is 0 Å². The summed E-state index contributed by atoms with van der Waals surface area (Å²) in [5, 5.41) is 7.01. The lowest BCUT2D eigenvalue weighted by Gasteiger charge is -2.31. The standard InChI is InChI=1S/C26H32FN5O5/c1-2-37-26(36)19-5-3-12-30(17-19)23(33)10-11-28-24(34)21-15-22-25(35)31(13-4-14-32(22)29-21)16-18-6-8-20(27)9-7-18/h6-9,15,19H,2-5,10-14,16-17H2,1H3,(H,28,34)/t19-/m1/s1. The summed E-state index contributed by atoms with van der Waals surface area (Å²) < 4.78 is 19.8. The van der Waals surface area contributed by atoms with Gasteiger partial charge in [0.25, 0.3) is 11.8 Å². The molecule has 0 bridgehead atoms. The molecule has 0 unspecified atom stereocenters. The van der Waals surface area contributed by atoms with E-state index < -0.39 is 5.91 Å². The molecule has 1 saturated heterocycles. The number of rotatable bonds is 8. The topological polar surface area (TPSA) is 114 Å². The number of amides is 3. The van der Waals surface area contributed by atoms with E-state index in [0.29, 0.717) is 57.9 Å². The van der Waals surface area contributed by atoms with E-state index in [2.05, 4.69) is 10.4 Å². The van der Waals surface area contributed by atoms with Gasteiger partial charge in [-0.1, -0.05) is 12.1 Å². The average molecular weight is 514 g/mol. The molecule has 10 nitrogen and oxygen atoms in total. The lowest BCUT2D eigenvalue weighted by Crippen LogP contribution is -2.43. The van der Waals surface area contributed by atoms with Crippen LogP contribution in [0.5, 0.6) is 0 Å². The Morgan fingerprint density at radius 3 is 2.68 bits per heavy atom. The van der Waals surface area contributed by atoms with Crippen LogP contribution in [-0.2, 0) is 27.4 Å². The van der Waals surface area contributed by atoms with Gasteiger partial charge in [0.15, 0.2) is 5.69 Å². The zero-order valence-corrected chi connectivity index (χ0v) is 21.0. The molecule has 1 aromatic heterocycles. The van der Waals surface area contributed by atoms with Crippen molar-refractivity contribution in [2.45, 2.75) is 45.7 Å². The molecule has 1 N–H and O–H groups in total. The number of halogens is 1. The van der Waals surface area contributed by atoms with Crippen molar-refractivity contribution < 1.29 is 28.3 Å². The molecule has 0 radical (unpaired) electrons. The average Bonchev–Trinajstić information content (AvgIpc) is 3.27. The van der Waals surface area contributed by atoms with E-state index in [9.17, 15) is 23.6 Å². The van der Waals surface area contributed by atoms with Gasteiger partial charge in [0.05, 0.1) is 12.5 Å². The molecule has 11 heteroatoms. The minimum absolute atomic E-state index is 0.0965. The fourth-order valence-corrected chi connectivity index (χ4v) is 4.69. The van der Waals surface area contributed by atoms with Crippen molar-refractivity contribution in [2.75, 3.05) is 32.8 Å². The van der Waals surface area contributed by atoms with Gasteiger partial charge in [0, 0.05) is 51.8 Å². The van der Waals surface area contributed by atoms with Gasteiger partial charge in [0.1, 0.15) is 11.5 Å². The predicted molar refractivity (Wildman–Crippen MR) is 131 cm³/mol. The molecule has 4 rings (SSSR count). The second-order valence-electron chi connectivity index (χ2n) is 9.28. The van der Waals surface area contributed by atoms with Gasteiger partial charge in [-0.05, 0) is 43.9 Å². The molecule has 0 spiro atoms. The van der Waals surface area contributed by atoms with E-state index in [0.717, 1.165) is 12.0 Å². The van der Waals surface area contributed by atoms with Gasteiger partial charge in [-0.3, -0.25) is 23.9 Å². The first-order chi connectivity index (χ1) is 17.9. The third-order valence-electron chi connectivity index (χ3n) is 6.62. The maximum Gasteiger partial charge on any atom is 0.310 e. The van der Waals surface area contributed by atoms with Crippen LogP contribution in [0, 0.1) is 11.7 Å². The van der Waals surface area contributed by atoms with Gasteiger partial charge < -0.3 is 19.9 Å². The summed E-state index contributed by atoms with van der Waals surface area (Å²) in [5.41, 5.74) is 1.24. The molecule has 0 saturated carbocycles. The molecular weight excluding hydrogens is 481 g/mol. The van der Waals surface area contributed by atoms with Gasteiger partial charge in [-0.15, -0.1) is 0 Å². The zero-order chi connectivity index (χ0) is 26.4. The second kappa shape index (κ2) is 12.0. The molecule has 0 aliphatic carbocycles. The summed E-state index contributed by atoms with van der Waals surface area (Å²) in [6.07, 6.45) is 2.19. The summed E-state index contributed by atoms with van der Waals surface area (Å²) in [6.45, 7) is 4.44. The molecule has 3 heterocycles. The molecular formula is C26H32FN5O5. The van der Waals surface area contributed by atoms with Crippen LogP contribution in [0.1, 0.15) is 59.1 Å². The number of benzene rings is 1. The van der Waals surface area contributed by atoms with Crippen LogP contribution >= 0.6 is 0 Å². The number of fused-ring (bicyclic) bond motifs is 1. The summed E-state index contributed by atoms with van der Waals surface area (Å²) in [4.78, 5) is 53.7. The number of carbonyl (C=O) groups is 4. The summed E-state index contributed by atoms with van der Waals surface area (Å²) in [5.74, 6) is -1.77. The number of carbonyl (C=O) groups excluding carboxylic acids is 4. The number of nitrogens with one attached hydrogen (secondary N) is 1. The minimum atomic E-state index is -0.464. The highest BCUT2D eigenvalue weighted by Crippen LogP contribution is 2.19. The first-order valence-electron chi connectivity index (χ1n) is 12.7. The normalized spacial score (nSPS) is 17.7. The molecule has 1 fully saturated rings. The lowest BCUT2D eigenvalue weighted by atomic mass is 9.98. The molecule has 2 aliphatic rings. The van der Waals surface area contributed by atoms with Crippen molar-refractivity contribution in [3.63, 3.8) is 0 Å². The molecule has 1 aromatic carbocycles. The quantitative estimate of drug-likeness (QED) is 0.540. The Morgan fingerprint density at radius 1 is 1.14 bits per heavy atom. The fourth-order valence-electron chi connectivity index (χ4n) is 4.69. The highest BCUT2D eigenvalue weighted by molar-refractivity contribution is 5.98. The maximum absolute atomic E-state index is 13.2. The monoisotopic (exact) mass is 513 g/mol. The summed E-state index contributed by atoms with van der Waals surface area (Å²) in [6, 6.07) is 7.48. The molecule has 1 atom stereocenters. The smallest absolute Gasteiger partial charge is 0.310 e. The van der Waals surface area contributed by atoms with Crippen molar-refractivity contribution >= 4 is 23.7 Å². The summed E-state index contributed by atoms with van der Waals surface area (Å²) in [7, 11) is 0. The van der Waals surface area contributed by atoms with E-state index >= 15 is 0 Å². The van der Waals surface area contributed by atoms with Crippen LogP contribution in [0.15, 0.2) is 30.3 Å². The Bertz CT molecular complexity index is 1150. The van der Waals surface area contributed by atoms with Gasteiger partial charge in [-0.2, -0.15) is 5.10 Å². The van der Waals surface area contributed by atoms with Gasteiger partial charge >= 0.3 is 5.97 Å². The first-order valence-corrected chi connectivity index (χ1v) is 12.7. The predicted octanol–water partition coefficient (Wildman–Crippen LogP) is 1.99. The minimum Gasteiger partial charge on any atom is -0.466 e. The van der Waals surface area contributed by atoms with E-state index in [1.807, 2.05) is 0 Å². The number of piperidine rings is 1. The van der Waals surface area contributed by atoms with Crippen LogP contribution < -0.4 is 5.32 Å². The van der Waals surface area contributed by atoms with Crippen molar-refractivity contribution in [2.24, 2.45) is 5.92 Å². The Labute approximate surface area is 214 Å². The summed E-state index contributed by atoms with van der Waals surface area (Å²) >= 11 is 0. The van der Waals surface area contributed by atoms with Crippen molar-refractivity contribution in [3.8, 4) is 0 Å². The number of hydrogen-bond donors (Lipinski definition) is 1. The maximum atomic E-state index is 13.2. The van der Waals surface area contributed by atoms with E-state index in [1.165, 1.54) is 22.9 Å². The number of ether oxygens (including phenoxy) is 1. The molecule has 37 heavy (non-hydrogen) atoms. The number of aromatic nitrogens is 2. The number of esters is 1. The Balaban J connectivity index is 1.30.